The maximum atomic E-state index is 10.9. The van der Waals surface area contributed by atoms with Crippen molar-refractivity contribution in [3.63, 3.8) is 0 Å². The molecule has 0 spiro atoms. The van der Waals surface area contributed by atoms with Crippen molar-refractivity contribution in [2.24, 2.45) is 5.16 Å². The first-order valence-corrected chi connectivity index (χ1v) is 3.63. The number of pyridine rings is 1. The van der Waals surface area contributed by atoms with Crippen LogP contribution in [-0.2, 0) is 4.79 Å². The van der Waals surface area contributed by atoms with E-state index >= 15 is 0 Å². The number of oxime groups is 1. The van der Waals surface area contributed by atoms with Crippen molar-refractivity contribution in [3.05, 3.63) is 23.9 Å². The largest absolute Gasteiger partial charge is 0.411 e. The second-order valence-electron chi connectivity index (χ2n) is 2.45. The summed E-state index contributed by atoms with van der Waals surface area (Å²) in [5, 5.41) is 13.1. The summed E-state index contributed by atoms with van der Waals surface area (Å²) in [6.45, 7) is 1.89. The average molecular weight is 179 g/mol. The summed E-state index contributed by atoms with van der Waals surface area (Å²) in [6.07, 6.45) is 2.35. The highest BCUT2D eigenvalue weighted by molar-refractivity contribution is 6.31. The van der Waals surface area contributed by atoms with Crippen LogP contribution in [0.4, 0.5) is 5.82 Å². The molecule has 0 radical (unpaired) electrons. The Morgan fingerprint density at radius 3 is 3.15 bits per heavy atom. The molecule has 1 amide bonds. The van der Waals surface area contributed by atoms with E-state index in [4.69, 9.17) is 5.21 Å². The van der Waals surface area contributed by atoms with E-state index in [0.29, 0.717) is 5.82 Å². The van der Waals surface area contributed by atoms with Crippen molar-refractivity contribution in [2.45, 2.75) is 6.92 Å². The molecule has 0 bridgehead atoms. The van der Waals surface area contributed by atoms with E-state index in [9.17, 15) is 4.79 Å². The third-order valence-corrected chi connectivity index (χ3v) is 1.34. The van der Waals surface area contributed by atoms with Gasteiger partial charge in [0.2, 0.25) is 0 Å². The number of rotatable bonds is 2. The summed E-state index contributed by atoms with van der Waals surface area (Å²) in [4.78, 5) is 14.7. The van der Waals surface area contributed by atoms with Crippen LogP contribution in [0.1, 0.15) is 5.56 Å². The Bertz CT molecular complexity index is 336. The molecule has 1 aromatic rings. The lowest BCUT2D eigenvalue weighted by atomic mass is 10.3. The third-order valence-electron chi connectivity index (χ3n) is 1.34. The van der Waals surface area contributed by atoms with Crippen LogP contribution in [0.15, 0.2) is 23.5 Å². The minimum Gasteiger partial charge on any atom is -0.411 e. The topological polar surface area (TPSA) is 74.6 Å². The first-order chi connectivity index (χ1) is 6.22. The molecule has 2 N–H and O–H groups in total. The van der Waals surface area contributed by atoms with E-state index in [2.05, 4.69) is 15.5 Å². The van der Waals surface area contributed by atoms with Gasteiger partial charge in [-0.3, -0.25) is 4.79 Å². The molecule has 0 aliphatic heterocycles. The van der Waals surface area contributed by atoms with Crippen LogP contribution in [0.2, 0.25) is 0 Å². The second kappa shape index (κ2) is 4.20. The fourth-order valence-electron chi connectivity index (χ4n) is 0.815. The number of aryl methyl sites for hydroxylation is 1. The first kappa shape index (κ1) is 9.18. The van der Waals surface area contributed by atoms with Gasteiger partial charge in [-0.1, -0.05) is 5.16 Å². The quantitative estimate of drug-likeness (QED) is 0.400. The number of hydrogen-bond donors (Lipinski definition) is 2. The van der Waals surface area contributed by atoms with Crippen LogP contribution in [0.25, 0.3) is 0 Å². The number of aromatic nitrogens is 1. The van der Waals surface area contributed by atoms with Gasteiger partial charge in [0.25, 0.3) is 5.91 Å². The Balaban J connectivity index is 2.69. The molecule has 0 atom stereocenters. The van der Waals surface area contributed by atoms with Crippen LogP contribution in [0.3, 0.4) is 0 Å². The monoisotopic (exact) mass is 179 g/mol. The minimum atomic E-state index is -0.513. The summed E-state index contributed by atoms with van der Waals surface area (Å²) in [5.74, 6) is -0.0782. The Morgan fingerprint density at radius 2 is 2.54 bits per heavy atom. The SMILES string of the molecule is Cc1ccnc(NC(=O)/C=N/O)c1. The molecule has 0 saturated carbocycles. The summed E-state index contributed by atoms with van der Waals surface area (Å²) in [6, 6.07) is 3.53. The van der Waals surface area contributed by atoms with Crippen LogP contribution in [0, 0.1) is 6.92 Å². The molecule has 13 heavy (non-hydrogen) atoms. The zero-order valence-electron chi connectivity index (χ0n) is 7.06. The number of carbonyl (C=O) groups is 1. The molecule has 1 rings (SSSR count). The lowest BCUT2D eigenvalue weighted by Crippen LogP contribution is -2.13. The molecule has 68 valence electrons. The number of nitrogens with one attached hydrogen (secondary N) is 1. The molecule has 1 heterocycles. The van der Waals surface area contributed by atoms with Crippen molar-refractivity contribution in [1.29, 1.82) is 0 Å². The molecule has 5 heteroatoms. The van der Waals surface area contributed by atoms with Crippen molar-refractivity contribution in [2.75, 3.05) is 5.32 Å². The van der Waals surface area contributed by atoms with Crippen molar-refractivity contribution in [1.82, 2.24) is 4.98 Å². The Hall–Kier alpha value is -1.91. The minimum absolute atomic E-state index is 0.435. The van der Waals surface area contributed by atoms with Gasteiger partial charge >= 0.3 is 0 Å². The van der Waals surface area contributed by atoms with E-state index in [-0.39, 0.29) is 0 Å². The molecular formula is C8H9N3O2. The maximum absolute atomic E-state index is 10.9. The molecule has 5 nitrogen and oxygen atoms in total. The zero-order valence-corrected chi connectivity index (χ0v) is 7.06. The smallest absolute Gasteiger partial charge is 0.271 e. The summed E-state index contributed by atoms with van der Waals surface area (Å²) >= 11 is 0. The number of hydrogen-bond acceptors (Lipinski definition) is 4. The lowest BCUT2D eigenvalue weighted by Gasteiger charge is -2.00. The van der Waals surface area contributed by atoms with Gasteiger partial charge in [-0.05, 0) is 24.6 Å². The molecule has 0 aromatic carbocycles. The predicted octanol–water partition coefficient (Wildman–Crippen LogP) is 0.789. The van der Waals surface area contributed by atoms with Crippen LogP contribution < -0.4 is 5.32 Å². The van der Waals surface area contributed by atoms with E-state index in [1.165, 1.54) is 0 Å². The highest BCUT2D eigenvalue weighted by atomic mass is 16.4. The molecule has 0 unspecified atom stereocenters. The molecule has 0 aliphatic carbocycles. The number of amides is 1. The van der Waals surface area contributed by atoms with E-state index in [0.717, 1.165) is 11.8 Å². The van der Waals surface area contributed by atoms with Gasteiger partial charge in [-0.25, -0.2) is 4.98 Å². The van der Waals surface area contributed by atoms with E-state index in [1.807, 2.05) is 13.0 Å². The molecule has 0 fully saturated rings. The number of carbonyl (C=O) groups excluding carboxylic acids is 1. The normalized spacial score (nSPS) is 10.2. The highest BCUT2D eigenvalue weighted by Gasteiger charge is 1.98. The van der Waals surface area contributed by atoms with Gasteiger partial charge < -0.3 is 10.5 Å². The second-order valence-corrected chi connectivity index (χ2v) is 2.45. The van der Waals surface area contributed by atoms with Gasteiger partial charge in [0.1, 0.15) is 12.0 Å². The lowest BCUT2D eigenvalue weighted by molar-refractivity contribution is -0.110. The van der Waals surface area contributed by atoms with E-state index in [1.54, 1.807) is 12.3 Å². The molecule has 1 aromatic heterocycles. The Kier molecular flexibility index (Phi) is 2.97. The zero-order chi connectivity index (χ0) is 9.68. The van der Waals surface area contributed by atoms with Crippen molar-refractivity contribution < 1.29 is 10.0 Å². The predicted molar refractivity (Wildman–Crippen MR) is 47.9 cm³/mol. The van der Waals surface area contributed by atoms with Crippen LogP contribution in [0.5, 0.6) is 0 Å². The van der Waals surface area contributed by atoms with Gasteiger partial charge in [-0.2, -0.15) is 0 Å². The number of nitrogens with zero attached hydrogens (tertiary/aromatic N) is 2. The standard InChI is InChI=1S/C8H9N3O2/c1-6-2-3-9-7(4-6)11-8(12)5-10-13/h2-5,13H,1H3,(H,9,11,12)/b10-5+. The van der Waals surface area contributed by atoms with Crippen LogP contribution in [-0.4, -0.2) is 22.3 Å². The fraction of sp³-hybridized carbons (Fsp3) is 0.125. The van der Waals surface area contributed by atoms with E-state index < -0.39 is 5.91 Å². The van der Waals surface area contributed by atoms with Crippen molar-refractivity contribution in [3.8, 4) is 0 Å². The maximum Gasteiger partial charge on any atom is 0.271 e. The van der Waals surface area contributed by atoms with Crippen LogP contribution >= 0.6 is 0 Å². The summed E-state index contributed by atoms with van der Waals surface area (Å²) in [5.41, 5.74) is 0.992. The summed E-state index contributed by atoms with van der Waals surface area (Å²) in [7, 11) is 0. The Labute approximate surface area is 75.1 Å². The molecular weight excluding hydrogens is 170 g/mol. The number of anilines is 1. The van der Waals surface area contributed by atoms with Gasteiger partial charge in [0.05, 0.1) is 0 Å². The van der Waals surface area contributed by atoms with Gasteiger partial charge in [0, 0.05) is 6.20 Å². The van der Waals surface area contributed by atoms with Gasteiger partial charge in [0.15, 0.2) is 0 Å². The first-order valence-electron chi connectivity index (χ1n) is 3.63. The fourth-order valence-corrected chi connectivity index (χ4v) is 0.815. The summed E-state index contributed by atoms with van der Waals surface area (Å²) < 4.78 is 0. The molecule has 0 aliphatic rings. The highest BCUT2D eigenvalue weighted by Crippen LogP contribution is 2.04. The van der Waals surface area contributed by atoms with Gasteiger partial charge in [-0.15, -0.1) is 0 Å². The third kappa shape index (κ3) is 2.90. The van der Waals surface area contributed by atoms with Crippen molar-refractivity contribution >= 4 is 17.9 Å². The Morgan fingerprint density at radius 1 is 1.77 bits per heavy atom. The average Bonchev–Trinajstić information content (AvgIpc) is 2.04. The molecule has 0 saturated heterocycles.